The zero-order valence-corrected chi connectivity index (χ0v) is 17.5. The number of methoxy groups -OCH3 is 1. The van der Waals surface area contributed by atoms with E-state index in [2.05, 4.69) is 37.4 Å². The van der Waals surface area contributed by atoms with Crippen LogP contribution in [0.25, 0.3) is 0 Å². The van der Waals surface area contributed by atoms with E-state index in [-0.39, 0.29) is 0 Å². The molecule has 2 aliphatic carbocycles. The Kier molecular flexibility index (Phi) is 9.19. The fourth-order valence-electron chi connectivity index (χ4n) is 4.68. The summed E-state index contributed by atoms with van der Waals surface area (Å²) in [4.78, 5) is 0. The van der Waals surface area contributed by atoms with Crippen molar-refractivity contribution in [1.82, 2.24) is 0 Å². The Morgan fingerprint density at radius 3 is 1.96 bits per heavy atom. The van der Waals surface area contributed by atoms with E-state index in [1.54, 1.807) is 13.2 Å². The molecule has 0 bridgehead atoms. The Labute approximate surface area is 171 Å². The minimum atomic E-state index is 0.447. The number of hydrogen-bond acceptors (Lipinski definition) is 3. The molecule has 28 heavy (non-hydrogen) atoms. The van der Waals surface area contributed by atoms with Gasteiger partial charge in [-0.3, -0.25) is 0 Å². The lowest BCUT2D eigenvalue weighted by molar-refractivity contribution is 0.186. The van der Waals surface area contributed by atoms with Crippen LogP contribution in [0.5, 0.6) is 5.75 Å². The number of allylic oxidation sites excluding steroid dienone is 2. The van der Waals surface area contributed by atoms with Crippen molar-refractivity contribution >= 4 is 0 Å². The molecule has 0 amide bonds. The highest BCUT2D eigenvalue weighted by atomic mass is 16.5. The molecule has 1 aromatic carbocycles. The van der Waals surface area contributed by atoms with Crippen LogP contribution in [0.4, 0.5) is 0 Å². The van der Waals surface area contributed by atoms with E-state index in [1.165, 1.54) is 69.4 Å². The lowest BCUT2D eigenvalue weighted by Crippen LogP contribution is -2.23. The molecule has 2 saturated carbocycles. The fourth-order valence-corrected chi connectivity index (χ4v) is 4.68. The second kappa shape index (κ2) is 11.6. The zero-order valence-electron chi connectivity index (χ0n) is 17.5. The minimum Gasteiger partial charge on any atom is -0.497 e. The zero-order chi connectivity index (χ0) is 20.4. The van der Waals surface area contributed by atoms with Gasteiger partial charge in [0.05, 0.1) is 7.11 Å². The van der Waals surface area contributed by atoms with E-state index in [0.29, 0.717) is 11.4 Å². The van der Waals surface area contributed by atoms with Crippen molar-refractivity contribution in [3.05, 3.63) is 66.5 Å². The minimum absolute atomic E-state index is 0.447. The molecule has 0 heterocycles. The van der Waals surface area contributed by atoms with Crippen molar-refractivity contribution in [2.24, 2.45) is 23.3 Å². The maximum atomic E-state index is 5.28. The van der Waals surface area contributed by atoms with Gasteiger partial charge in [0, 0.05) is 11.4 Å². The smallest absolute Gasteiger partial charge is 0.118 e. The summed E-state index contributed by atoms with van der Waals surface area (Å²) in [6.45, 7) is 6.84. The Balaban J connectivity index is 0.000000300. The third-order valence-corrected chi connectivity index (χ3v) is 6.26. The lowest BCUT2D eigenvalue weighted by Gasteiger charge is -2.36. The molecule has 1 aromatic rings. The van der Waals surface area contributed by atoms with E-state index < -0.39 is 0 Å². The van der Waals surface area contributed by atoms with Crippen molar-refractivity contribution in [3.63, 3.8) is 0 Å². The van der Waals surface area contributed by atoms with Gasteiger partial charge in [0.1, 0.15) is 5.75 Å². The van der Waals surface area contributed by atoms with Crippen molar-refractivity contribution in [1.29, 1.82) is 0 Å². The van der Waals surface area contributed by atoms with Crippen molar-refractivity contribution < 1.29 is 4.74 Å². The van der Waals surface area contributed by atoms with Gasteiger partial charge < -0.3 is 16.2 Å². The molecular weight excluding hydrogens is 344 g/mol. The number of rotatable bonds is 5. The van der Waals surface area contributed by atoms with Crippen LogP contribution >= 0.6 is 0 Å². The molecule has 3 heteroatoms. The SMILES string of the molecule is C=C/C(N)=C\C(=C)N.COc1ccc(C2CCC(C3CCCCC3)CC2)cc1. The normalized spacial score (nSPS) is 23.2. The average molecular weight is 383 g/mol. The molecule has 0 spiro atoms. The first-order valence-corrected chi connectivity index (χ1v) is 10.7. The third kappa shape index (κ3) is 7.10. The van der Waals surface area contributed by atoms with Gasteiger partial charge in [-0.05, 0) is 73.3 Å². The summed E-state index contributed by atoms with van der Waals surface area (Å²) in [5.41, 5.74) is 13.0. The molecule has 0 atom stereocenters. The van der Waals surface area contributed by atoms with Crippen molar-refractivity contribution in [2.75, 3.05) is 7.11 Å². The molecule has 3 nitrogen and oxygen atoms in total. The molecule has 0 aromatic heterocycles. The van der Waals surface area contributed by atoms with Gasteiger partial charge in [0.25, 0.3) is 0 Å². The van der Waals surface area contributed by atoms with Gasteiger partial charge in [-0.1, -0.05) is 57.4 Å². The quantitative estimate of drug-likeness (QED) is 0.611. The standard InChI is InChI=1S/C19H28O.C6H10N2/c1-20-19-13-11-18(12-14-19)17-9-7-16(8-10-17)15-5-3-2-4-6-15;1-3-6(8)4-5(2)7/h11-17H,2-10H2,1H3;3-4H,1-2,7-8H2/b;6-4+. The average Bonchev–Trinajstić information content (AvgIpc) is 2.74. The summed E-state index contributed by atoms with van der Waals surface area (Å²) >= 11 is 0. The number of nitrogens with two attached hydrogens (primary N) is 2. The van der Waals surface area contributed by atoms with E-state index >= 15 is 0 Å². The van der Waals surface area contributed by atoms with Crippen LogP contribution in [0.2, 0.25) is 0 Å². The second-order valence-electron chi connectivity index (χ2n) is 8.21. The molecule has 0 radical (unpaired) electrons. The first-order valence-electron chi connectivity index (χ1n) is 10.7. The Morgan fingerprint density at radius 1 is 0.929 bits per heavy atom. The van der Waals surface area contributed by atoms with Gasteiger partial charge in [-0.15, -0.1) is 0 Å². The number of ether oxygens (including phenoxy) is 1. The highest BCUT2D eigenvalue weighted by Crippen LogP contribution is 2.43. The molecule has 3 rings (SSSR count). The van der Waals surface area contributed by atoms with E-state index in [0.717, 1.165) is 23.5 Å². The Bertz CT molecular complexity index is 633. The molecule has 0 saturated heterocycles. The van der Waals surface area contributed by atoms with E-state index in [1.807, 2.05) is 0 Å². The van der Waals surface area contributed by atoms with E-state index in [9.17, 15) is 0 Å². The first-order chi connectivity index (χ1) is 13.5. The van der Waals surface area contributed by atoms with Gasteiger partial charge >= 0.3 is 0 Å². The van der Waals surface area contributed by atoms with E-state index in [4.69, 9.17) is 16.2 Å². The largest absolute Gasteiger partial charge is 0.497 e. The maximum Gasteiger partial charge on any atom is 0.118 e. The van der Waals surface area contributed by atoms with Crippen LogP contribution in [0, 0.1) is 11.8 Å². The van der Waals surface area contributed by atoms with Crippen LogP contribution in [-0.4, -0.2) is 7.11 Å². The number of benzene rings is 1. The first kappa shape index (κ1) is 22.1. The van der Waals surface area contributed by atoms with Gasteiger partial charge in [-0.25, -0.2) is 0 Å². The summed E-state index contributed by atoms with van der Waals surface area (Å²) in [5.74, 6) is 3.86. The summed E-state index contributed by atoms with van der Waals surface area (Å²) in [5, 5.41) is 0. The van der Waals surface area contributed by atoms with Crippen LogP contribution in [0.1, 0.15) is 69.3 Å². The molecule has 0 aliphatic heterocycles. The van der Waals surface area contributed by atoms with Crippen LogP contribution in [0.3, 0.4) is 0 Å². The summed E-state index contributed by atoms with van der Waals surface area (Å²) < 4.78 is 5.25. The van der Waals surface area contributed by atoms with Crippen molar-refractivity contribution in [3.8, 4) is 5.75 Å². The summed E-state index contributed by atoms with van der Waals surface area (Å²) in [6.07, 6.45) is 16.3. The summed E-state index contributed by atoms with van der Waals surface area (Å²) in [6, 6.07) is 8.76. The molecule has 2 aliphatic rings. The highest BCUT2D eigenvalue weighted by Gasteiger charge is 2.28. The third-order valence-electron chi connectivity index (χ3n) is 6.26. The fraction of sp³-hybridized carbons (Fsp3) is 0.520. The second-order valence-corrected chi connectivity index (χ2v) is 8.21. The van der Waals surface area contributed by atoms with Crippen LogP contribution in [-0.2, 0) is 0 Å². The Morgan fingerprint density at radius 2 is 1.50 bits per heavy atom. The predicted molar refractivity (Wildman–Crippen MR) is 120 cm³/mol. The van der Waals surface area contributed by atoms with Crippen molar-refractivity contribution in [2.45, 2.75) is 63.7 Å². The lowest BCUT2D eigenvalue weighted by atomic mass is 9.70. The molecular formula is C25H38N2O. The monoisotopic (exact) mass is 382 g/mol. The van der Waals surface area contributed by atoms with Gasteiger partial charge in [-0.2, -0.15) is 0 Å². The number of hydrogen-bond donors (Lipinski definition) is 2. The van der Waals surface area contributed by atoms with Crippen LogP contribution in [0.15, 0.2) is 61.0 Å². The Hall–Kier alpha value is -2.16. The van der Waals surface area contributed by atoms with Crippen LogP contribution < -0.4 is 16.2 Å². The predicted octanol–water partition coefficient (Wildman–Crippen LogP) is 6.04. The molecule has 0 unspecified atom stereocenters. The van der Waals surface area contributed by atoms with Gasteiger partial charge in [0.15, 0.2) is 0 Å². The molecule has 154 valence electrons. The summed E-state index contributed by atoms with van der Waals surface area (Å²) in [7, 11) is 1.74. The maximum absolute atomic E-state index is 5.28. The molecule has 2 fully saturated rings. The molecule has 4 N–H and O–H groups in total. The van der Waals surface area contributed by atoms with Gasteiger partial charge in [0.2, 0.25) is 0 Å². The topological polar surface area (TPSA) is 61.3 Å². The highest BCUT2D eigenvalue weighted by molar-refractivity contribution is 5.29.